The van der Waals surface area contributed by atoms with Gasteiger partial charge in [-0.2, -0.15) is 0 Å². The van der Waals surface area contributed by atoms with Gasteiger partial charge in [0.2, 0.25) is 16.0 Å². The van der Waals surface area contributed by atoms with Crippen LogP contribution in [0.2, 0.25) is 0 Å². The Labute approximate surface area is 132 Å². The number of nitrogens with zero attached hydrogens (tertiary/aromatic N) is 1. The number of hydrogen-bond donors (Lipinski definition) is 0. The van der Waals surface area contributed by atoms with Gasteiger partial charge in [0.25, 0.3) is 0 Å². The van der Waals surface area contributed by atoms with E-state index in [-0.39, 0.29) is 5.91 Å². The lowest BCUT2D eigenvalue weighted by atomic mass is 10.0. The quantitative estimate of drug-likeness (QED) is 0.682. The van der Waals surface area contributed by atoms with Crippen molar-refractivity contribution in [1.29, 1.82) is 0 Å². The minimum atomic E-state index is -1.73. The Bertz CT molecular complexity index is 755. The van der Waals surface area contributed by atoms with Gasteiger partial charge >= 0.3 is 0 Å². The maximum atomic E-state index is 12.7. The molecule has 21 heavy (non-hydrogen) atoms. The number of alkyl halides is 2. The SMILES string of the molecule is CC(=O)N1c2ccccc2C(=O)C(Cl)(Cl)c2ccccc21. The van der Waals surface area contributed by atoms with Gasteiger partial charge in [-0.05, 0) is 18.2 Å². The van der Waals surface area contributed by atoms with Gasteiger partial charge < -0.3 is 0 Å². The molecule has 5 heteroatoms. The summed E-state index contributed by atoms with van der Waals surface area (Å²) in [6, 6.07) is 13.7. The van der Waals surface area contributed by atoms with E-state index in [4.69, 9.17) is 23.2 Å². The maximum Gasteiger partial charge on any atom is 0.228 e. The van der Waals surface area contributed by atoms with E-state index in [0.29, 0.717) is 22.5 Å². The molecule has 0 fully saturated rings. The molecule has 106 valence electrons. The molecule has 3 nitrogen and oxygen atoms in total. The van der Waals surface area contributed by atoms with Crippen molar-refractivity contribution in [2.24, 2.45) is 0 Å². The Balaban J connectivity index is 2.42. The predicted molar refractivity (Wildman–Crippen MR) is 83.4 cm³/mol. The second-order valence-electron chi connectivity index (χ2n) is 4.79. The molecule has 0 aliphatic carbocycles. The molecule has 0 saturated heterocycles. The number of fused-ring (bicyclic) bond motifs is 2. The van der Waals surface area contributed by atoms with E-state index in [0.717, 1.165) is 0 Å². The number of benzene rings is 2. The van der Waals surface area contributed by atoms with E-state index < -0.39 is 10.1 Å². The standard InChI is InChI=1S/C16H11Cl2NO2/c1-10(20)19-13-8-4-2-6-11(13)15(21)16(17,18)12-7-3-5-9-14(12)19/h2-9H,1H3. The Kier molecular flexibility index (Phi) is 3.27. The Morgan fingerprint density at radius 1 is 1.00 bits per heavy atom. The molecular formula is C16H11Cl2NO2. The van der Waals surface area contributed by atoms with Crippen LogP contribution in [0, 0.1) is 0 Å². The van der Waals surface area contributed by atoms with Gasteiger partial charge in [0.15, 0.2) is 0 Å². The summed E-state index contributed by atoms with van der Waals surface area (Å²) in [5.41, 5.74) is 1.75. The topological polar surface area (TPSA) is 37.4 Å². The first kappa shape index (κ1) is 14.1. The van der Waals surface area contributed by atoms with Crippen molar-refractivity contribution in [3.05, 3.63) is 59.7 Å². The third-order valence-corrected chi connectivity index (χ3v) is 4.22. The summed E-state index contributed by atoms with van der Waals surface area (Å²) >= 11 is 12.7. The minimum absolute atomic E-state index is 0.214. The summed E-state index contributed by atoms with van der Waals surface area (Å²) in [5, 5.41) is 0. The van der Waals surface area contributed by atoms with Gasteiger partial charge in [0.05, 0.1) is 11.4 Å². The fourth-order valence-corrected chi connectivity index (χ4v) is 3.08. The molecule has 0 N–H and O–H groups in total. The molecule has 0 aromatic heterocycles. The summed E-state index contributed by atoms with van der Waals surface area (Å²) in [6.07, 6.45) is 0. The number of carbonyl (C=O) groups is 2. The Morgan fingerprint density at radius 2 is 1.57 bits per heavy atom. The number of hydrogen-bond acceptors (Lipinski definition) is 2. The second kappa shape index (κ2) is 4.86. The van der Waals surface area contributed by atoms with Crippen LogP contribution < -0.4 is 4.90 Å². The third-order valence-electron chi connectivity index (χ3n) is 3.47. The van der Waals surface area contributed by atoms with E-state index in [9.17, 15) is 9.59 Å². The highest BCUT2D eigenvalue weighted by atomic mass is 35.5. The number of halogens is 2. The summed E-state index contributed by atoms with van der Waals surface area (Å²) in [6.45, 7) is 1.44. The highest BCUT2D eigenvalue weighted by molar-refractivity contribution is 6.60. The van der Waals surface area contributed by atoms with Crippen LogP contribution in [0.25, 0.3) is 0 Å². The van der Waals surface area contributed by atoms with E-state index in [1.54, 1.807) is 48.5 Å². The number of amides is 1. The van der Waals surface area contributed by atoms with Crippen molar-refractivity contribution >= 4 is 46.3 Å². The Morgan fingerprint density at radius 3 is 2.24 bits per heavy atom. The molecule has 0 spiro atoms. The van der Waals surface area contributed by atoms with Crippen LogP contribution in [0.15, 0.2) is 48.5 Å². The van der Waals surface area contributed by atoms with E-state index in [2.05, 4.69) is 0 Å². The molecule has 1 aliphatic rings. The second-order valence-corrected chi connectivity index (χ2v) is 6.12. The average Bonchev–Trinajstić information content (AvgIpc) is 2.53. The van der Waals surface area contributed by atoms with Crippen LogP contribution in [0.5, 0.6) is 0 Å². The van der Waals surface area contributed by atoms with E-state index >= 15 is 0 Å². The first-order chi connectivity index (χ1) is 9.94. The van der Waals surface area contributed by atoms with Crippen LogP contribution >= 0.6 is 23.2 Å². The molecule has 0 unspecified atom stereocenters. The van der Waals surface area contributed by atoms with Crippen LogP contribution in [0.1, 0.15) is 22.8 Å². The number of Topliss-reactive ketones (excluding diaryl/α,β-unsaturated/α-hetero) is 1. The first-order valence-electron chi connectivity index (χ1n) is 6.36. The van der Waals surface area contributed by atoms with Gasteiger partial charge in [-0.15, -0.1) is 0 Å². The van der Waals surface area contributed by atoms with Crippen LogP contribution in [-0.4, -0.2) is 11.7 Å². The number of ketones is 1. The summed E-state index contributed by atoms with van der Waals surface area (Å²) in [4.78, 5) is 26.3. The largest absolute Gasteiger partial charge is 0.290 e. The summed E-state index contributed by atoms with van der Waals surface area (Å²) in [7, 11) is 0. The fraction of sp³-hybridized carbons (Fsp3) is 0.125. The van der Waals surface area contributed by atoms with Crippen molar-refractivity contribution in [2.45, 2.75) is 11.3 Å². The zero-order chi connectivity index (χ0) is 15.2. The van der Waals surface area contributed by atoms with Gasteiger partial charge in [-0.1, -0.05) is 53.5 Å². The normalized spacial score (nSPS) is 16.0. The summed E-state index contributed by atoms with van der Waals surface area (Å²) in [5.74, 6) is -0.647. The minimum Gasteiger partial charge on any atom is -0.290 e. The van der Waals surface area contributed by atoms with Gasteiger partial charge in [0.1, 0.15) is 0 Å². The molecule has 0 radical (unpaired) electrons. The molecule has 1 heterocycles. The Hall–Kier alpha value is -1.84. The van der Waals surface area contributed by atoms with Gasteiger partial charge in [-0.3, -0.25) is 14.5 Å². The number of anilines is 2. The van der Waals surface area contributed by atoms with E-state index in [1.165, 1.54) is 11.8 Å². The summed E-state index contributed by atoms with van der Waals surface area (Å²) < 4.78 is -1.73. The average molecular weight is 320 g/mol. The molecule has 0 bridgehead atoms. The third kappa shape index (κ3) is 2.04. The number of para-hydroxylation sites is 2. The molecule has 1 amide bonds. The first-order valence-corrected chi connectivity index (χ1v) is 7.12. The molecule has 2 aromatic carbocycles. The van der Waals surface area contributed by atoms with Crippen molar-refractivity contribution in [1.82, 2.24) is 0 Å². The van der Waals surface area contributed by atoms with Gasteiger partial charge in [0, 0.05) is 18.1 Å². The monoisotopic (exact) mass is 319 g/mol. The zero-order valence-electron chi connectivity index (χ0n) is 11.1. The fourth-order valence-electron chi connectivity index (χ4n) is 2.56. The predicted octanol–water partition coefficient (Wildman–Crippen LogP) is 4.20. The maximum absolute atomic E-state index is 12.7. The molecule has 0 atom stereocenters. The van der Waals surface area contributed by atoms with Crippen molar-refractivity contribution < 1.29 is 9.59 Å². The lowest BCUT2D eigenvalue weighted by Crippen LogP contribution is -2.24. The number of rotatable bonds is 0. The van der Waals surface area contributed by atoms with Crippen molar-refractivity contribution in [3.63, 3.8) is 0 Å². The molecule has 3 rings (SSSR count). The lowest BCUT2D eigenvalue weighted by Gasteiger charge is -2.23. The molecule has 2 aromatic rings. The van der Waals surface area contributed by atoms with Crippen LogP contribution in [-0.2, 0) is 9.13 Å². The molecule has 1 aliphatic heterocycles. The van der Waals surface area contributed by atoms with Gasteiger partial charge in [-0.25, -0.2) is 0 Å². The highest BCUT2D eigenvalue weighted by Crippen LogP contribution is 2.48. The van der Waals surface area contributed by atoms with Crippen molar-refractivity contribution in [3.8, 4) is 0 Å². The number of carbonyl (C=O) groups excluding carboxylic acids is 2. The van der Waals surface area contributed by atoms with Crippen LogP contribution in [0.4, 0.5) is 11.4 Å². The van der Waals surface area contributed by atoms with Crippen LogP contribution in [0.3, 0.4) is 0 Å². The van der Waals surface area contributed by atoms with Crippen molar-refractivity contribution in [2.75, 3.05) is 4.90 Å². The smallest absolute Gasteiger partial charge is 0.228 e. The lowest BCUT2D eigenvalue weighted by molar-refractivity contribution is -0.115. The molecule has 0 saturated carbocycles. The van der Waals surface area contributed by atoms with E-state index in [1.807, 2.05) is 0 Å². The zero-order valence-corrected chi connectivity index (χ0v) is 12.7. The highest BCUT2D eigenvalue weighted by Gasteiger charge is 2.44. The molecular weight excluding hydrogens is 309 g/mol.